The number of rotatable bonds is 6. The lowest BCUT2D eigenvalue weighted by Crippen LogP contribution is -2.39. The minimum absolute atomic E-state index is 0.115. The normalized spacial score (nSPS) is 24.8. The average Bonchev–Trinajstić information content (AvgIpc) is 2.97. The van der Waals surface area contributed by atoms with Gasteiger partial charge in [0.1, 0.15) is 12.4 Å². The second-order valence-electron chi connectivity index (χ2n) is 7.32. The molecule has 0 unspecified atom stereocenters. The molecule has 0 bridgehead atoms. The molecule has 1 aliphatic carbocycles. The first-order chi connectivity index (χ1) is 12.6. The van der Waals surface area contributed by atoms with Gasteiger partial charge in [0.25, 0.3) is 0 Å². The van der Waals surface area contributed by atoms with Crippen LogP contribution in [0, 0.1) is 17.7 Å². The molecule has 2 aliphatic rings. The van der Waals surface area contributed by atoms with Crippen LogP contribution in [0.1, 0.15) is 17.5 Å². The third kappa shape index (κ3) is 3.55. The van der Waals surface area contributed by atoms with Crippen LogP contribution < -0.4 is 9.47 Å². The SMILES string of the molecule is COc1ccc(CN2C[C@H]3C[C@@H](O)[C@H]3C2)cc1OCc1ccc(F)cc1. The molecule has 1 heterocycles. The van der Waals surface area contributed by atoms with Crippen molar-refractivity contribution in [2.24, 2.45) is 11.8 Å². The molecule has 1 N–H and O–H groups in total. The van der Waals surface area contributed by atoms with E-state index in [0.717, 1.165) is 37.2 Å². The fraction of sp³-hybridized carbons (Fsp3) is 0.429. The summed E-state index contributed by atoms with van der Waals surface area (Å²) in [6.45, 7) is 3.22. The number of aliphatic hydroxyl groups is 1. The second-order valence-corrected chi connectivity index (χ2v) is 7.32. The number of fused-ring (bicyclic) bond motifs is 1. The number of ether oxygens (including phenoxy) is 2. The summed E-state index contributed by atoms with van der Waals surface area (Å²) < 4.78 is 24.3. The second kappa shape index (κ2) is 7.25. The molecular weight excluding hydrogens is 333 g/mol. The van der Waals surface area contributed by atoms with Crippen molar-refractivity contribution in [3.05, 3.63) is 59.4 Å². The van der Waals surface area contributed by atoms with Crippen LogP contribution in [-0.4, -0.2) is 36.3 Å². The topological polar surface area (TPSA) is 41.9 Å². The van der Waals surface area contributed by atoms with Gasteiger partial charge in [-0.15, -0.1) is 0 Å². The molecule has 26 heavy (non-hydrogen) atoms. The van der Waals surface area contributed by atoms with Gasteiger partial charge in [0.15, 0.2) is 11.5 Å². The quantitative estimate of drug-likeness (QED) is 0.862. The van der Waals surface area contributed by atoms with E-state index in [1.54, 1.807) is 19.2 Å². The smallest absolute Gasteiger partial charge is 0.161 e. The molecule has 1 aliphatic heterocycles. The molecule has 5 heteroatoms. The summed E-state index contributed by atoms with van der Waals surface area (Å²) in [6, 6.07) is 12.3. The van der Waals surface area contributed by atoms with Crippen molar-refractivity contribution in [3.8, 4) is 11.5 Å². The Morgan fingerprint density at radius 2 is 1.85 bits per heavy atom. The summed E-state index contributed by atoms with van der Waals surface area (Å²) in [5, 5.41) is 9.82. The van der Waals surface area contributed by atoms with Crippen LogP contribution >= 0.6 is 0 Å². The van der Waals surface area contributed by atoms with E-state index in [4.69, 9.17) is 9.47 Å². The predicted octanol–water partition coefficient (Wildman–Crippen LogP) is 3.23. The summed E-state index contributed by atoms with van der Waals surface area (Å²) in [5.74, 6) is 2.22. The number of methoxy groups -OCH3 is 1. The van der Waals surface area contributed by atoms with Crippen molar-refractivity contribution in [2.45, 2.75) is 25.7 Å². The Kier molecular flexibility index (Phi) is 4.83. The Hall–Kier alpha value is -2.11. The van der Waals surface area contributed by atoms with Crippen molar-refractivity contribution < 1.29 is 19.0 Å². The van der Waals surface area contributed by atoms with Gasteiger partial charge in [-0.3, -0.25) is 4.90 Å². The van der Waals surface area contributed by atoms with Crippen LogP contribution in [0.3, 0.4) is 0 Å². The summed E-state index contributed by atoms with van der Waals surface area (Å²) in [4.78, 5) is 2.40. The third-order valence-corrected chi connectivity index (χ3v) is 5.55. The fourth-order valence-electron chi connectivity index (χ4n) is 4.02. The van der Waals surface area contributed by atoms with E-state index in [1.807, 2.05) is 12.1 Å². The highest BCUT2D eigenvalue weighted by atomic mass is 19.1. The van der Waals surface area contributed by atoms with Gasteiger partial charge in [-0.1, -0.05) is 18.2 Å². The largest absolute Gasteiger partial charge is 0.493 e. The minimum Gasteiger partial charge on any atom is -0.493 e. The Bertz CT molecular complexity index is 764. The summed E-state index contributed by atoms with van der Waals surface area (Å²) in [7, 11) is 1.62. The molecule has 0 spiro atoms. The highest BCUT2D eigenvalue weighted by Gasteiger charge is 2.45. The summed E-state index contributed by atoms with van der Waals surface area (Å²) in [5.41, 5.74) is 2.07. The summed E-state index contributed by atoms with van der Waals surface area (Å²) >= 11 is 0. The molecule has 1 saturated carbocycles. The van der Waals surface area contributed by atoms with Crippen molar-refractivity contribution in [2.75, 3.05) is 20.2 Å². The molecule has 1 saturated heterocycles. The molecule has 0 aromatic heterocycles. The number of aliphatic hydroxyl groups excluding tert-OH is 1. The standard InChI is InChI=1S/C21H24FNO3/c1-25-20-7-4-15(10-23-11-16-9-19(24)18(16)12-23)8-21(20)26-13-14-2-5-17(22)6-3-14/h2-8,16,18-19,24H,9-13H2,1H3/t16-,18+,19-/m1/s1. The van der Waals surface area contributed by atoms with Crippen LogP contribution in [0.4, 0.5) is 4.39 Å². The Balaban J connectivity index is 1.42. The van der Waals surface area contributed by atoms with Crippen LogP contribution in [-0.2, 0) is 13.2 Å². The number of hydrogen-bond donors (Lipinski definition) is 1. The number of likely N-dealkylation sites (tertiary alicyclic amines) is 1. The van der Waals surface area contributed by atoms with Crippen LogP contribution in [0.25, 0.3) is 0 Å². The van der Waals surface area contributed by atoms with E-state index < -0.39 is 0 Å². The zero-order chi connectivity index (χ0) is 18.1. The van der Waals surface area contributed by atoms with E-state index >= 15 is 0 Å². The van der Waals surface area contributed by atoms with Crippen molar-refractivity contribution in [1.29, 1.82) is 0 Å². The molecule has 2 aromatic rings. The lowest BCUT2D eigenvalue weighted by Gasteiger charge is -2.35. The minimum atomic E-state index is -0.252. The fourth-order valence-corrected chi connectivity index (χ4v) is 4.02. The van der Waals surface area contributed by atoms with Gasteiger partial charge in [-0.2, -0.15) is 0 Å². The maximum atomic E-state index is 13.0. The summed E-state index contributed by atoms with van der Waals surface area (Å²) in [6.07, 6.45) is 0.825. The lowest BCUT2D eigenvalue weighted by molar-refractivity contribution is -0.00435. The van der Waals surface area contributed by atoms with Crippen LogP contribution in [0.15, 0.2) is 42.5 Å². The van der Waals surface area contributed by atoms with E-state index in [0.29, 0.717) is 29.9 Å². The third-order valence-electron chi connectivity index (χ3n) is 5.55. The highest BCUT2D eigenvalue weighted by molar-refractivity contribution is 5.43. The molecule has 2 aromatic carbocycles. The molecule has 4 nitrogen and oxygen atoms in total. The van der Waals surface area contributed by atoms with Gasteiger partial charge in [0.05, 0.1) is 13.2 Å². The van der Waals surface area contributed by atoms with E-state index in [2.05, 4.69) is 11.0 Å². The van der Waals surface area contributed by atoms with E-state index in [1.165, 1.54) is 12.1 Å². The van der Waals surface area contributed by atoms with Crippen LogP contribution in [0.5, 0.6) is 11.5 Å². The molecule has 0 radical (unpaired) electrons. The molecule has 0 amide bonds. The predicted molar refractivity (Wildman–Crippen MR) is 96.6 cm³/mol. The number of halogens is 1. The lowest BCUT2D eigenvalue weighted by atomic mass is 9.74. The first-order valence-electron chi connectivity index (χ1n) is 9.07. The first kappa shape index (κ1) is 17.3. The Morgan fingerprint density at radius 3 is 2.54 bits per heavy atom. The van der Waals surface area contributed by atoms with Gasteiger partial charge < -0.3 is 14.6 Å². The molecule has 2 fully saturated rings. The van der Waals surface area contributed by atoms with Gasteiger partial charge in [-0.05, 0) is 47.7 Å². The maximum Gasteiger partial charge on any atom is 0.161 e. The number of nitrogens with zero attached hydrogens (tertiary/aromatic N) is 1. The van der Waals surface area contributed by atoms with Crippen molar-refractivity contribution in [3.63, 3.8) is 0 Å². The zero-order valence-corrected chi connectivity index (χ0v) is 14.9. The number of hydrogen-bond acceptors (Lipinski definition) is 4. The van der Waals surface area contributed by atoms with Gasteiger partial charge >= 0.3 is 0 Å². The van der Waals surface area contributed by atoms with E-state index in [-0.39, 0.29) is 11.9 Å². The molecule has 138 valence electrons. The Labute approximate surface area is 153 Å². The van der Waals surface area contributed by atoms with Crippen molar-refractivity contribution >= 4 is 0 Å². The van der Waals surface area contributed by atoms with Gasteiger partial charge in [0.2, 0.25) is 0 Å². The molecular formula is C21H24FNO3. The zero-order valence-electron chi connectivity index (χ0n) is 14.9. The molecule has 3 atom stereocenters. The van der Waals surface area contributed by atoms with Gasteiger partial charge in [-0.25, -0.2) is 4.39 Å². The van der Waals surface area contributed by atoms with Gasteiger partial charge in [0, 0.05) is 25.6 Å². The Morgan fingerprint density at radius 1 is 1.08 bits per heavy atom. The highest BCUT2D eigenvalue weighted by Crippen LogP contribution is 2.41. The first-order valence-corrected chi connectivity index (χ1v) is 9.07. The maximum absolute atomic E-state index is 13.0. The van der Waals surface area contributed by atoms with Crippen molar-refractivity contribution in [1.82, 2.24) is 4.90 Å². The van der Waals surface area contributed by atoms with E-state index in [9.17, 15) is 9.50 Å². The number of benzene rings is 2. The van der Waals surface area contributed by atoms with Crippen LogP contribution in [0.2, 0.25) is 0 Å². The molecule has 4 rings (SSSR count). The monoisotopic (exact) mass is 357 g/mol. The average molecular weight is 357 g/mol.